The molecule has 0 aromatic carbocycles. The maximum atomic E-state index is 11.4. The summed E-state index contributed by atoms with van der Waals surface area (Å²) < 4.78 is 2.12. The minimum Gasteiger partial charge on any atom is -0.481 e. The summed E-state index contributed by atoms with van der Waals surface area (Å²) >= 11 is 0. The minimum absolute atomic E-state index is 0.0202. The Kier molecular flexibility index (Phi) is 3.55. The first-order valence-electron chi connectivity index (χ1n) is 6.41. The van der Waals surface area contributed by atoms with E-state index < -0.39 is 5.97 Å². The second-order valence-electron chi connectivity index (χ2n) is 5.20. The monoisotopic (exact) mass is 249 g/mol. The fourth-order valence-electron chi connectivity index (χ4n) is 3.07. The predicted octanol–water partition coefficient (Wildman–Crippen LogP) is 2.28. The van der Waals surface area contributed by atoms with Gasteiger partial charge >= 0.3 is 5.97 Å². The molecule has 1 aromatic heterocycles. The maximum absolute atomic E-state index is 11.4. The van der Waals surface area contributed by atoms with Crippen molar-refractivity contribution in [1.82, 2.24) is 4.57 Å². The van der Waals surface area contributed by atoms with Gasteiger partial charge in [-0.05, 0) is 33.1 Å². The number of rotatable bonds is 2. The van der Waals surface area contributed by atoms with E-state index in [-0.39, 0.29) is 17.4 Å². The van der Waals surface area contributed by atoms with Gasteiger partial charge in [-0.2, -0.15) is 0 Å². The summed E-state index contributed by atoms with van der Waals surface area (Å²) in [6.07, 6.45) is 3.37. The molecule has 1 heterocycles. The third kappa shape index (κ3) is 2.47. The van der Waals surface area contributed by atoms with Crippen LogP contribution in [-0.4, -0.2) is 15.6 Å². The second-order valence-corrected chi connectivity index (χ2v) is 5.20. The van der Waals surface area contributed by atoms with Gasteiger partial charge in [0.2, 0.25) is 0 Å². The fraction of sp³-hybridized carbons (Fsp3) is 0.571. The first-order valence-corrected chi connectivity index (χ1v) is 6.41. The van der Waals surface area contributed by atoms with Gasteiger partial charge in [0.05, 0.1) is 5.92 Å². The van der Waals surface area contributed by atoms with E-state index in [9.17, 15) is 9.59 Å². The van der Waals surface area contributed by atoms with Crippen molar-refractivity contribution in [2.45, 2.75) is 45.6 Å². The normalized spacial score (nSPS) is 23.9. The van der Waals surface area contributed by atoms with Crippen LogP contribution in [0.15, 0.2) is 16.9 Å². The summed E-state index contributed by atoms with van der Waals surface area (Å²) in [7, 11) is 0. The van der Waals surface area contributed by atoms with Crippen LogP contribution >= 0.6 is 0 Å². The Morgan fingerprint density at radius 3 is 2.44 bits per heavy atom. The average Bonchev–Trinajstić information content (AvgIpc) is 2.28. The van der Waals surface area contributed by atoms with Crippen LogP contribution in [0.4, 0.5) is 0 Å². The molecule has 98 valence electrons. The standard InChI is InChI=1S/C14H19NO3/c1-9-6-13(16)7-10(2)15(9)12-5-3-4-11(8-12)14(17)18/h6-7,11-12H,3-5,8H2,1-2H3,(H,17,18). The smallest absolute Gasteiger partial charge is 0.306 e. The molecule has 2 atom stereocenters. The molecular weight excluding hydrogens is 230 g/mol. The average molecular weight is 249 g/mol. The van der Waals surface area contributed by atoms with Gasteiger partial charge in [-0.1, -0.05) is 6.42 Å². The highest BCUT2D eigenvalue weighted by molar-refractivity contribution is 5.70. The summed E-state index contributed by atoms with van der Waals surface area (Å²) in [5.41, 5.74) is 1.87. The highest BCUT2D eigenvalue weighted by Gasteiger charge is 2.28. The zero-order valence-electron chi connectivity index (χ0n) is 10.8. The van der Waals surface area contributed by atoms with Gasteiger partial charge < -0.3 is 9.67 Å². The van der Waals surface area contributed by atoms with E-state index >= 15 is 0 Å². The van der Waals surface area contributed by atoms with E-state index in [4.69, 9.17) is 5.11 Å². The van der Waals surface area contributed by atoms with Crippen molar-refractivity contribution in [3.05, 3.63) is 33.7 Å². The SMILES string of the molecule is Cc1cc(=O)cc(C)n1C1CCCC(C(=O)O)C1. The molecule has 0 bridgehead atoms. The number of carboxylic acids is 1. The van der Waals surface area contributed by atoms with Gasteiger partial charge in [-0.3, -0.25) is 9.59 Å². The molecular formula is C14H19NO3. The highest BCUT2D eigenvalue weighted by Crippen LogP contribution is 2.33. The molecule has 0 radical (unpaired) electrons. The van der Waals surface area contributed by atoms with E-state index in [0.29, 0.717) is 6.42 Å². The third-order valence-corrected chi connectivity index (χ3v) is 3.82. The molecule has 4 heteroatoms. The van der Waals surface area contributed by atoms with E-state index in [1.54, 1.807) is 12.1 Å². The Balaban J connectivity index is 2.31. The molecule has 1 saturated carbocycles. The molecule has 1 aliphatic carbocycles. The topological polar surface area (TPSA) is 59.3 Å². The van der Waals surface area contributed by atoms with Crippen LogP contribution in [0.3, 0.4) is 0 Å². The van der Waals surface area contributed by atoms with Gasteiger partial charge in [-0.15, -0.1) is 0 Å². The van der Waals surface area contributed by atoms with Crippen molar-refractivity contribution in [2.75, 3.05) is 0 Å². The molecule has 0 aliphatic heterocycles. The molecule has 4 nitrogen and oxygen atoms in total. The first-order chi connectivity index (χ1) is 8.49. The summed E-state index contributed by atoms with van der Waals surface area (Å²) in [4.78, 5) is 22.5. The number of hydrogen-bond donors (Lipinski definition) is 1. The van der Waals surface area contributed by atoms with E-state index in [1.165, 1.54) is 0 Å². The van der Waals surface area contributed by atoms with Crippen molar-refractivity contribution < 1.29 is 9.90 Å². The number of nitrogens with zero attached hydrogens (tertiary/aromatic N) is 1. The van der Waals surface area contributed by atoms with E-state index in [1.807, 2.05) is 13.8 Å². The zero-order valence-corrected chi connectivity index (χ0v) is 10.8. The Morgan fingerprint density at radius 2 is 1.89 bits per heavy atom. The summed E-state index contributed by atoms with van der Waals surface area (Å²) in [6.45, 7) is 3.83. The van der Waals surface area contributed by atoms with Crippen LogP contribution in [0.25, 0.3) is 0 Å². The maximum Gasteiger partial charge on any atom is 0.306 e. The molecule has 1 aromatic rings. The summed E-state index contributed by atoms with van der Waals surface area (Å²) in [6, 6.07) is 3.45. The number of pyridine rings is 1. The molecule has 0 saturated heterocycles. The number of aryl methyl sites for hydroxylation is 2. The second kappa shape index (κ2) is 4.96. The van der Waals surface area contributed by atoms with E-state index in [2.05, 4.69) is 4.57 Å². The molecule has 18 heavy (non-hydrogen) atoms. The van der Waals surface area contributed by atoms with E-state index in [0.717, 1.165) is 30.7 Å². The lowest BCUT2D eigenvalue weighted by Crippen LogP contribution is -2.27. The van der Waals surface area contributed by atoms with Gasteiger partial charge in [-0.25, -0.2) is 0 Å². The van der Waals surface area contributed by atoms with Crippen LogP contribution in [0.2, 0.25) is 0 Å². The number of aromatic nitrogens is 1. The lowest BCUT2D eigenvalue weighted by molar-refractivity contribution is -0.143. The number of hydrogen-bond acceptors (Lipinski definition) is 2. The van der Waals surface area contributed by atoms with Crippen molar-refractivity contribution >= 4 is 5.97 Å². The van der Waals surface area contributed by atoms with Crippen LogP contribution in [-0.2, 0) is 4.79 Å². The van der Waals surface area contributed by atoms with Gasteiger partial charge in [0.25, 0.3) is 0 Å². The van der Waals surface area contributed by atoms with Crippen molar-refractivity contribution in [3.8, 4) is 0 Å². The quantitative estimate of drug-likeness (QED) is 0.874. The largest absolute Gasteiger partial charge is 0.481 e. The Bertz CT molecular complexity index is 492. The number of carbonyl (C=O) groups is 1. The van der Waals surface area contributed by atoms with Crippen molar-refractivity contribution in [3.63, 3.8) is 0 Å². The molecule has 1 aliphatic rings. The summed E-state index contributed by atoms with van der Waals surface area (Å²) in [5.74, 6) is -0.946. The molecule has 0 amide bonds. The lowest BCUT2D eigenvalue weighted by Gasteiger charge is -2.31. The zero-order chi connectivity index (χ0) is 13.3. The van der Waals surface area contributed by atoms with Gasteiger partial charge in [0.1, 0.15) is 0 Å². The van der Waals surface area contributed by atoms with Gasteiger partial charge in [0.15, 0.2) is 5.43 Å². The summed E-state index contributed by atoms with van der Waals surface area (Å²) in [5, 5.41) is 9.13. The van der Waals surface area contributed by atoms with Crippen LogP contribution in [0.1, 0.15) is 43.1 Å². The Morgan fingerprint density at radius 1 is 1.28 bits per heavy atom. The lowest BCUT2D eigenvalue weighted by atomic mass is 9.85. The minimum atomic E-state index is -0.698. The van der Waals surface area contributed by atoms with Crippen LogP contribution in [0.5, 0.6) is 0 Å². The molecule has 2 unspecified atom stereocenters. The van der Waals surface area contributed by atoms with Crippen molar-refractivity contribution in [2.24, 2.45) is 5.92 Å². The van der Waals surface area contributed by atoms with Crippen LogP contribution < -0.4 is 5.43 Å². The number of aliphatic carboxylic acids is 1. The predicted molar refractivity (Wildman–Crippen MR) is 68.8 cm³/mol. The van der Waals surface area contributed by atoms with Crippen LogP contribution in [0, 0.1) is 19.8 Å². The molecule has 0 spiro atoms. The highest BCUT2D eigenvalue weighted by atomic mass is 16.4. The molecule has 1 fully saturated rings. The first kappa shape index (κ1) is 12.9. The molecule has 2 rings (SSSR count). The number of carboxylic acid groups (broad SMARTS) is 1. The Hall–Kier alpha value is -1.58. The molecule has 1 N–H and O–H groups in total. The van der Waals surface area contributed by atoms with Gasteiger partial charge in [0, 0.05) is 29.6 Å². The third-order valence-electron chi connectivity index (χ3n) is 3.82. The van der Waals surface area contributed by atoms with Crippen molar-refractivity contribution in [1.29, 1.82) is 0 Å². The fourth-order valence-corrected chi connectivity index (χ4v) is 3.07. The Labute approximate surface area is 106 Å².